The zero-order valence-electron chi connectivity index (χ0n) is 13.8. The molecule has 0 unspecified atom stereocenters. The molecule has 3 rings (SSSR count). The van der Waals surface area contributed by atoms with Crippen molar-refractivity contribution in [3.63, 3.8) is 0 Å². The summed E-state index contributed by atoms with van der Waals surface area (Å²) in [5.41, 5.74) is 0. The van der Waals surface area contributed by atoms with Crippen LogP contribution in [-0.4, -0.2) is 12.1 Å². The van der Waals surface area contributed by atoms with Crippen molar-refractivity contribution >= 4 is 38.9 Å². The molecule has 7 heteroatoms. The molecule has 0 spiro atoms. The van der Waals surface area contributed by atoms with E-state index in [1.807, 2.05) is 0 Å². The van der Waals surface area contributed by atoms with Crippen LogP contribution in [0.1, 0.15) is 0 Å². The fraction of sp³-hybridized carbons (Fsp3) is 0.0500. The molecule has 0 N–H and O–H groups in total. The topological polar surface area (TPSA) is 26.3 Å². The minimum atomic E-state index is -5.09. The molecule has 0 atom stereocenters. The lowest BCUT2D eigenvalue weighted by molar-refractivity contribution is -0.188. The molecule has 0 radical (unpaired) electrons. The molecule has 0 aliphatic carbocycles. The van der Waals surface area contributed by atoms with E-state index in [1.165, 1.54) is 0 Å². The number of carbonyl (C=O) groups excluding carboxylic acids is 1. The van der Waals surface area contributed by atoms with Gasteiger partial charge in [0.1, 0.15) is 0 Å². The Morgan fingerprint density at radius 3 is 1.56 bits per heavy atom. The average Bonchev–Trinajstić information content (AvgIpc) is 2.67. The van der Waals surface area contributed by atoms with Crippen LogP contribution in [0.2, 0.25) is 0 Å². The van der Waals surface area contributed by atoms with Gasteiger partial charge in [-0.1, -0.05) is 36.4 Å². The Morgan fingerprint density at radius 2 is 1.15 bits per heavy atom. The molecule has 0 saturated heterocycles. The Morgan fingerprint density at radius 1 is 0.741 bits per heavy atom. The lowest BCUT2D eigenvalue weighted by Crippen LogP contribution is -2.27. The summed E-state index contributed by atoms with van der Waals surface area (Å²) >= 11 is 2.11. The number of rotatable bonds is 4. The average molecular weight is 502 g/mol. The first-order valence-corrected chi connectivity index (χ1v) is 10.5. The van der Waals surface area contributed by atoms with E-state index < -0.39 is 22.5 Å². The Kier molecular flexibility index (Phi) is 5.81. The van der Waals surface area contributed by atoms with Crippen molar-refractivity contribution in [1.29, 1.82) is 0 Å². The predicted octanol–water partition coefficient (Wildman–Crippen LogP) is 6.59. The molecule has 3 aromatic carbocycles. The predicted molar refractivity (Wildman–Crippen MR) is 107 cm³/mol. The quantitative estimate of drug-likeness (QED) is 0.376. The van der Waals surface area contributed by atoms with E-state index in [2.05, 4.69) is 22.6 Å². The molecule has 0 bridgehead atoms. The first-order valence-electron chi connectivity index (χ1n) is 7.84. The lowest BCUT2D eigenvalue weighted by Gasteiger charge is -2.39. The van der Waals surface area contributed by atoms with E-state index in [0.717, 1.165) is 3.57 Å². The summed E-state index contributed by atoms with van der Waals surface area (Å²) in [4.78, 5) is 13.5. The fourth-order valence-corrected chi connectivity index (χ4v) is 5.95. The summed E-state index contributed by atoms with van der Waals surface area (Å²) in [7, 11) is -2.90. The van der Waals surface area contributed by atoms with Crippen molar-refractivity contribution in [3.05, 3.63) is 88.5 Å². The van der Waals surface area contributed by atoms with Crippen LogP contribution in [-0.2, 0) is 8.98 Å². The highest BCUT2D eigenvalue weighted by Crippen LogP contribution is 2.69. The number of hydrogen-bond donors (Lipinski definition) is 0. The van der Waals surface area contributed by atoms with Gasteiger partial charge in [0.05, 0.1) is 0 Å². The van der Waals surface area contributed by atoms with Crippen LogP contribution in [0.3, 0.4) is 0 Å². The van der Waals surface area contributed by atoms with Crippen LogP contribution in [0.4, 0.5) is 13.2 Å². The molecule has 2 nitrogen and oxygen atoms in total. The Hall–Kier alpha value is -2.00. The van der Waals surface area contributed by atoms with Crippen molar-refractivity contribution in [1.82, 2.24) is 0 Å². The van der Waals surface area contributed by atoms with E-state index in [0.29, 0.717) is 14.7 Å². The molecule has 27 heavy (non-hydrogen) atoms. The minimum Gasteiger partial charge on any atom is -0.395 e. The number of halogens is 4. The van der Waals surface area contributed by atoms with Gasteiger partial charge in [0.25, 0.3) is 0 Å². The van der Waals surface area contributed by atoms with Gasteiger partial charge in [0, 0.05) is 18.3 Å². The highest BCUT2D eigenvalue weighted by molar-refractivity contribution is 14.1. The highest BCUT2D eigenvalue weighted by Gasteiger charge is 2.47. The van der Waals surface area contributed by atoms with Gasteiger partial charge >= 0.3 is 12.1 Å². The maximum atomic E-state index is 13.1. The zero-order valence-corrected chi connectivity index (χ0v) is 16.8. The number of hydrogen-bond acceptors (Lipinski definition) is 2. The monoisotopic (exact) mass is 502 g/mol. The summed E-state index contributed by atoms with van der Waals surface area (Å²) < 4.78 is 45.6. The van der Waals surface area contributed by atoms with Crippen molar-refractivity contribution in [3.8, 4) is 0 Å². The molecule has 0 aliphatic rings. The van der Waals surface area contributed by atoms with E-state index in [4.69, 9.17) is 4.18 Å². The van der Waals surface area contributed by atoms with E-state index in [-0.39, 0.29) is 0 Å². The summed E-state index contributed by atoms with van der Waals surface area (Å²) in [5.74, 6) is -2.20. The van der Waals surface area contributed by atoms with Crippen LogP contribution >= 0.6 is 32.9 Å². The van der Waals surface area contributed by atoms with Crippen LogP contribution in [0.25, 0.3) is 0 Å². The van der Waals surface area contributed by atoms with Crippen molar-refractivity contribution < 1.29 is 22.1 Å². The summed E-state index contributed by atoms with van der Waals surface area (Å²) in [5, 5.41) is 0. The van der Waals surface area contributed by atoms with Crippen LogP contribution in [0, 0.1) is 3.57 Å². The van der Waals surface area contributed by atoms with Gasteiger partial charge in [0.2, 0.25) is 0 Å². The third-order valence-electron chi connectivity index (χ3n) is 3.73. The Labute approximate surface area is 170 Å². The van der Waals surface area contributed by atoms with Crippen LogP contribution < -0.4 is 0 Å². The van der Waals surface area contributed by atoms with Crippen molar-refractivity contribution in [2.24, 2.45) is 0 Å². The van der Waals surface area contributed by atoms with Gasteiger partial charge in [-0.2, -0.15) is 13.2 Å². The van der Waals surface area contributed by atoms with Gasteiger partial charge in [-0.15, -0.1) is 0 Å². The minimum absolute atomic E-state index is 0.509. The highest BCUT2D eigenvalue weighted by atomic mass is 127. The second-order valence-corrected chi connectivity index (χ2v) is 9.44. The van der Waals surface area contributed by atoms with Gasteiger partial charge in [0.15, 0.2) is 0 Å². The van der Waals surface area contributed by atoms with Crippen molar-refractivity contribution in [2.75, 3.05) is 0 Å². The maximum Gasteiger partial charge on any atom is 0.491 e. The van der Waals surface area contributed by atoms with E-state index in [1.54, 1.807) is 84.9 Å². The first-order chi connectivity index (χ1) is 12.8. The van der Waals surface area contributed by atoms with Crippen molar-refractivity contribution in [2.45, 2.75) is 20.9 Å². The van der Waals surface area contributed by atoms with Gasteiger partial charge < -0.3 is 4.18 Å². The van der Waals surface area contributed by atoms with Gasteiger partial charge in [-0.05, 0) is 81.4 Å². The Balaban J connectivity index is 2.31. The third-order valence-corrected chi connectivity index (χ3v) is 7.66. The molecule has 0 aliphatic heterocycles. The standard InChI is InChI=1S/C20H14F3IO2S/c21-20(22,23)19(25)26-27(16-7-3-1-4-8-16,17-9-5-2-6-10-17)18-13-11-15(24)12-14-18/h1-14H. The zero-order chi connectivity index (χ0) is 19.5. The van der Waals surface area contributed by atoms with E-state index in [9.17, 15) is 18.0 Å². The van der Waals surface area contributed by atoms with Gasteiger partial charge in [-0.3, -0.25) is 0 Å². The summed E-state index contributed by atoms with van der Waals surface area (Å²) in [6.07, 6.45) is -5.09. The maximum absolute atomic E-state index is 13.1. The molecule has 0 aromatic heterocycles. The van der Waals surface area contributed by atoms with Gasteiger partial charge in [-0.25, -0.2) is 4.79 Å². The third kappa shape index (κ3) is 4.14. The molecular weight excluding hydrogens is 488 g/mol. The summed E-state index contributed by atoms with van der Waals surface area (Å²) in [6.45, 7) is 0. The molecule has 0 amide bonds. The summed E-state index contributed by atoms with van der Waals surface area (Å²) in [6, 6.07) is 24.1. The lowest BCUT2D eigenvalue weighted by atomic mass is 10.4. The van der Waals surface area contributed by atoms with Crippen LogP contribution in [0.15, 0.2) is 99.6 Å². The molecule has 0 heterocycles. The number of benzene rings is 3. The number of alkyl halides is 3. The molecule has 0 fully saturated rings. The SMILES string of the molecule is O=C(OS(c1ccccc1)(c1ccccc1)c1ccc(I)cc1)C(F)(F)F. The smallest absolute Gasteiger partial charge is 0.395 e. The molecular formula is C20H14F3IO2S. The number of carbonyl (C=O) groups is 1. The second kappa shape index (κ2) is 7.93. The first kappa shape index (κ1) is 19.8. The van der Waals surface area contributed by atoms with E-state index >= 15 is 0 Å². The molecule has 0 saturated carbocycles. The van der Waals surface area contributed by atoms with Crippen LogP contribution in [0.5, 0.6) is 0 Å². The largest absolute Gasteiger partial charge is 0.491 e. The second-order valence-electron chi connectivity index (χ2n) is 5.50. The fourth-order valence-electron chi connectivity index (χ4n) is 2.56. The Bertz CT molecular complexity index is 874. The normalized spacial score (nSPS) is 12.4. The molecule has 140 valence electrons. The molecule has 3 aromatic rings.